The molecule has 20 heavy (non-hydrogen) atoms. The van der Waals surface area contributed by atoms with Crippen LogP contribution in [0.2, 0.25) is 5.02 Å². The molecule has 1 heterocycles. The van der Waals surface area contributed by atoms with Crippen LogP contribution in [0.4, 0.5) is 11.6 Å². The number of benzene rings is 1. The molecule has 0 aliphatic rings. The number of nitrogens with two attached hydrogens (primary N) is 1. The Hall–Kier alpha value is -2.18. The fourth-order valence-electron chi connectivity index (χ4n) is 1.68. The third-order valence-electron chi connectivity index (χ3n) is 2.73. The number of hydrogen-bond acceptors (Lipinski definition) is 5. The Morgan fingerprint density at radius 1 is 1.30 bits per heavy atom. The summed E-state index contributed by atoms with van der Waals surface area (Å²) in [5, 5.41) is 3.35. The third-order valence-corrected chi connectivity index (χ3v) is 3.14. The summed E-state index contributed by atoms with van der Waals surface area (Å²) in [4.78, 5) is 20.2. The van der Waals surface area contributed by atoms with E-state index in [-0.39, 0.29) is 17.5 Å². The number of hydrazine groups is 1. The number of hydrogen-bond donors (Lipinski definition) is 3. The van der Waals surface area contributed by atoms with Gasteiger partial charge in [-0.3, -0.25) is 10.2 Å². The van der Waals surface area contributed by atoms with Crippen LogP contribution in [0.5, 0.6) is 0 Å². The summed E-state index contributed by atoms with van der Waals surface area (Å²) in [5.41, 5.74) is 4.63. The van der Waals surface area contributed by atoms with Crippen molar-refractivity contribution in [3.63, 3.8) is 0 Å². The Morgan fingerprint density at radius 3 is 2.75 bits per heavy atom. The molecule has 0 spiro atoms. The van der Waals surface area contributed by atoms with Crippen LogP contribution in [-0.2, 0) is 0 Å². The molecule has 0 aliphatic carbocycles. The summed E-state index contributed by atoms with van der Waals surface area (Å²) in [5.74, 6) is 5.10. The molecule has 2 rings (SSSR count). The second-order valence-electron chi connectivity index (χ2n) is 4.23. The summed E-state index contributed by atoms with van der Waals surface area (Å²) >= 11 is 6.01. The van der Waals surface area contributed by atoms with E-state index in [1.807, 2.05) is 6.92 Å². The predicted octanol–water partition coefficient (Wildman–Crippen LogP) is 2.28. The van der Waals surface area contributed by atoms with Crippen molar-refractivity contribution in [3.8, 4) is 0 Å². The number of aromatic nitrogens is 2. The smallest absolute Gasteiger partial charge is 0.274 e. The number of carbonyl (C=O) groups excluding carboxylic acids is 1. The van der Waals surface area contributed by atoms with Crippen LogP contribution in [0.3, 0.4) is 0 Å². The Balaban J connectivity index is 2.28. The topological polar surface area (TPSA) is 92.9 Å². The fraction of sp³-hybridized carbons (Fsp3) is 0.154. The highest BCUT2D eigenvalue weighted by atomic mass is 35.5. The molecule has 0 unspecified atom stereocenters. The molecular formula is C13H14ClN5O. The second kappa shape index (κ2) is 5.85. The minimum absolute atomic E-state index is 0.193. The van der Waals surface area contributed by atoms with Crippen LogP contribution in [0, 0.1) is 13.8 Å². The van der Waals surface area contributed by atoms with Gasteiger partial charge in [0.1, 0.15) is 5.69 Å². The lowest BCUT2D eigenvalue weighted by Gasteiger charge is -2.10. The van der Waals surface area contributed by atoms with E-state index in [1.165, 1.54) is 0 Å². The van der Waals surface area contributed by atoms with Crippen LogP contribution >= 0.6 is 11.6 Å². The molecule has 1 amide bonds. The lowest BCUT2D eigenvalue weighted by Crippen LogP contribution is -2.18. The number of nitrogen functional groups attached to an aromatic ring is 1. The van der Waals surface area contributed by atoms with Gasteiger partial charge in [-0.05, 0) is 37.6 Å². The summed E-state index contributed by atoms with van der Waals surface area (Å²) < 4.78 is 0. The zero-order valence-electron chi connectivity index (χ0n) is 11.1. The molecule has 0 fully saturated rings. The number of aryl methyl sites for hydroxylation is 1. The molecule has 6 nitrogen and oxygen atoms in total. The van der Waals surface area contributed by atoms with Gasteiger partial charge in [0.15, 0.2) is 0 Å². The summed E-state index contributed by atoms with van der Waals surface area (Å²) in [7, 11) is 0. The molecule has 4 N–H and O–H groups in total. The molecule has 0 radical (unpaired) electrons. The number of carbonyl (C=O) groups is 1. The van der Waals surface area contributed by atoms with Gasteiger partial charge in [-0.2, -0.15) is 0 Å². The Morgan fingerprint density at radius 2 is 2.05 bits per heavy atom. The molecule has 104 valence electrons. The first kappa shape index (κ1) is 14.2. The SMILES string of the molecule is Cc1cc(C(=O)Nc2cccc(Cl)c2C)nc(NN)n1. The van der Waals surface area contributed by atoms with E-state index in [9.17, 15) is 4.79 Å². The molecule has 0 bridgehead atoms. The summed E-state index contributed by atoms with van der Waals surface area (Å²) in [6, 6.07) is 6.88. The maximum Gasteiger partial charge on any atom is 0.274 e. The minimum atomic E-state index is -0.350. The first-order valence-electron chi connectivity index (χ1n) is 5.90. The first-order valence-corrected chi connectivity index (χ1v) is 6.28. The van der Waals surface area contributed by atoms with Crippen molar-refractivity contribution in [1.82, 2.24) is 9.97 Å². The number of rotatable bonds is 3. The van der Waals surface area contributed by atoms with Gasteiger partial charge >= 0.3 is 0 Å². The normalized spacial score (nSPS) is 10.2. The van der Waals surface area contributed by atoms with E-state index >= 15 is 0 Å². The van der Waals surface area contributed by atoms with Crippen molar-refractivity contribution in [3.05, 3.63) is 46.2 Å². The summed E-state index contributed by atoms with van der Waals surface area (Å²) in [6.45, 7) is 3.58. The number of amides is 1. The Kier molecular flexibility index (Phi) is 4.16. The first-order chi connectivity index (χ1) is 9.51. The molecule has 1 aromatic heterocycles. The van der Waals surface area contributed by atoms with Crippen LogP contribution in [-0.4, -0.2) is 15.9 Å². The van der Waals surface area contributed by atoms with Gasteiger partial charge in [-0.1, -0.05) is 17.7 Å². The van der Waals surface area contributed by atoms with Gasteiger partial charge in [0.25, 0.3) is 5.91 Å². The van der Waals surface area contributed by atoms with Gasteiger partial charge in [0, 0.05) is 16.4 Å². The molecule has 1 aromatic carbocycles. The fourth-order valence-corrected chi connectivity index (χ4v) is 1.85. The highest BCUT2D eigenvalue weighted by Crippen LogP contribution is 2.23. The van der Waals surface area contributed by atoms with Crippen molar-refractivity contribution in [2.45, 2.75) is 13.8 Å². The van der Waals surface area contributed by atoms with E-state index < -0.39 is 0 Å². The third kappa shape index (κ3) is 3.04. The molecule has 2 aromatic rings. The van der Waals surface area contributed by atoms with Crippen LogP contribution < -0.4 is 16.6 Å². The average Bonchev–Trinajstić information content (AvgIpc) is 2.43. The summed E-state index contributed by atoms with van der Waals surface area (Å²) in [6.07, 6.45) is 0. The largest absolute Gasteiger partial charge is 0.320 e. The Labute approximate surface area is 121 Å². The van der Waals surface area contributed by atoms with Gasteiger partial charge in [0.05, 0.1) is 0 Å². The Bertz CT molecular complexity index is 659. The molecule has 0 aliphatic heterocycles. The van der Waals surface area contributed by atoms with Crippen molar-refractivity contribution in [1.29, 1.82) is 0 Å². The monoisotopic (exact) mass is 291 g/mol. The molecule has 0 atom stereocenters. The molecule has 7 heteroatoms. The van der Waals surface area contributed by atoms with Crippen LogP contribution in [0.25, 0.3) is 0 Å². The zero-order valence-corrected chi connectivity index (χ0v) is 11.8. The number of anilines is 2. The van der Waals surface area contributed by atoms with Crippen LogP contribution in [0.1, 0.15) is 21.7 Å². The molecular weight excluding hydrogens is 278 g/mol. The van der Waals surface area contributed by atoms with Gasteiger partial charge < -0.3 is 5.32 Å². The average molecular weight is 292 g/mol. The maximum absolute atomic E-state index is 12.2. The highest BCUT2D eigenvalue weighted by molar-refractivity contribution is 6.31. The standard InChI is InChI=1S/C13H14ClN5O/c1-7-6-11(18-13(16-7)19-15)12(20)17-10-5-3-4-9(14)8(10)2/h3-6H,15H2,1-2H3,(H,17,20)(H,16,18,19). The minimum Gasteiger partial charge on any atom is -0.320 e. The van der Waals surface area contributed by atoms with Crippen molar-refractivity contribution >= 4 is 29.1 Å². The number of halogens is 1. The van der Waals surface area contributed by atoms with Crippen LogP contribution in [0.15, 0.2) is 24.3 Å². The maximum atomic E-state index is 12.2. The molecule has 0 saturated heterocycles. The van der Waals surface area contributed by atoms with E-state index in [1.54, 1.807) is 31.2 Å². The van der Waals surface area contributed by atoms with Crippen molar-refractivity contribution in [2.24, 2.45) is 5.84 Å². The van der Waals surface area contributed by atoms with E-state index in [4.69, 9.17) is 17.4 Å². The number of nitrogens with one attached hydrogen (secondary N) is 2. The lowest BCUT2D eigenvalue weighted by molar-refractivity contribution is 0.102. The zero-order chi connectivity index (χ0) is 14.7. The highest BCUT2D eigenvalue weighted by Gasteiger charge is 2.12. The van der Waals surface area contributed by atoms with E-state index in [2.05, 4.69) is 20.7 Å². The van der Waals surface area contributed by atoms with Gasteiger partial charge in [0.2, 0.25) is 5.95 Å². The van der Waals surface area contributed by atoms with E-state index in [0.717, 1.165) is 5.56 Å². The van der Waals surface area contributed by atoms with Gasteiger partial charge in [-0.25, -0.2) is 15.8 Å². The second-order valence-corrected chi connectivity index (χ2v) is 4.64. The van der Waals surface area contributed by atoms with Crippen molar-refractivity contribution < 1.29 is 4.79 Å². The van der Waals surface area contributed by atoms with Crippen molar-refractivity contribution in [2.75, 3.05) is 10.7 Å². The van der Waals surface area contributed by atoms with E-state index in [0.29, 0.717) is 16.4 Å². The quantitative estimate of drug-likeness (QED) is 0.596. The lowest BCUT2D eigenvalue weighted by atomic mass is 10.2. The van der Waals surface area contributed by atoms with Gasteiger partial charge in [-0.15, -0.1) is 0 Å². The molecule has 0 saturated carbocycles. The predicted molar refractivity (Wildman–Crippen MR) is 78.7 cm³/mol. The number of nitrogens with zero attached hydrogens (tertiary/aromatic N) is 2.